The summed E-state index contributed by atoms with van der Waals surface area (Å²) in [5.74, 6) is -0.767. The van der Waals surface area contributed by atoms with Crippen LogP contribution >= 0.6 is 31.9 Å². The summed E-state index contributed by atoms with van der Waals surface area (Å²) in [7, 11) is 1.17. The van der Waals surface area contributed by atoms with Crippen molar-refractivity contribution < 1.29 is 24.2 Å². The van der Waals surface area contributed by atoms with Crippen molar-refractivity contribution >= 4 is 43.7 Å². The molecule has 1 amide bonds. The molecule has 110 valence electrons. The number of aliphatic hydroxyl groups is 1. The van der Waals surface area contributed by atoms with Crippen LogP contribution < -0.4 is 10.1 Å². The number of hydrogen-bond acceptors (Lipinski definition) is 5. The second-order valence-corrected chi connectivity index (χ2v) is 5.46. The van der Waals surface area contributed by atoms with Crippen LogP contribution in [0.4, 0.5) is 0 Å². The molecule has 0 bridgehead atoms. The molecule has 0 fully saturated rings. The Morgan fingerprint density at radius 1 is 1.40 bits per heavy atom. The molecule has 0 aliphatic heterocycles. The lowest BCUT2D eigenvalue weighted by Gasteiger charge is -2.14. The highest BCUT2D eigenvalue weighted by molar-refractivity contribution is 9.11. The van der Waals surface area contributed by atoms with Crippen molar-refractivity contribution in [2.75, 3.05) is 20.3 Å². The van der Waals surface area contributed by atoms with E-state index in [1.165, 1.54) is 7.11 Å². The van der Waals surface area contributed by atoms with Gasteiger partial charge in [-0.05, 0) is 34.1 Å². The van der Waals surface area contributed by atoms with Crippen LogP contribution in [-0.4, -0.2) is 43.3 Å². The molecule has 0 unspecified atom stereocenters. The van der Waals surface area contributed by atoms with Crippen LogP contribution in [0.3, 0.4) is 0 Å². The summed E-state index contributed by atoms with van der Waals surface area (Å²) in [5.41, 5.74) is 0. The van der Waals surface area contributed by atoms with Crippen LogP contribution in [0, 0.1) is 0 Å². The molecule has 1 rings (SSSR count). The summed E-state index contributed by atoms with van der Waals surface area (Å²) in [6.45, 7) is -0.825. The highest BCUT2D eigenvalue weighted by Crippen LogP contribution is 2.27. The molecule has 6 nitrogen and oxygen atoms in total. The summed E-state index contributed by atoms with van der Waals surface area (Å²) in [5, 5.41) is 11.3. The zero-order valence-corrected chi connectivity index (χ0v) is 13.7. The summed E-state index contributed by atoms with van der Waals surface area (Å²) in [6, 6.07) is 4.14. The highest BCUT2D eigenvalue weighted by atomic mass is 79.9. The van der Waals surface area contributed by atoms with Crippen molar-refractivity contribution in [1.29, 1.82) is 0 Å². The molecule has 1 atom stereocenters. The molecule has 2 N–H and O–H groups in total. The average Bonchev–Trinajstić information content (AvgIpc) is 2.43. The molecule has 0 aliphatic rings. The van der Waals surface area contributed by atoms with Crippen LogP contribution in [0.5, 0.6) is 5.75 Å². The third-order valence-corrected chi connectivity index (χ3v) is 3.37. The maximum atomic E-state index is 11.6. The zero-order valence-electron chi connectivity index (χ0n) is 10.6. The lowest BCUT2D eigenvalue weighted by Crippen LogP contribution is -2.45. The molecule has 0 saturated heterocycles. The first kappa shape index (κ1) is 16.9. The van der Waals surface area contributed by atoms with Crippen molar-refractivity contribution in [1.82, 2.24) is 5.32 Å². The normalized spacial score (nSPS) is 11.6. The molecule has 8 heteroatoms. The average molecular weight is 411 g/mol. The van der Waals surface area contributed by atoms with Crippen molar-refractivity contribution in [3.05, 3.63) is 27.1 Å². The number of rotatable bonds is 6. The maximum Gasteiger partial charge on any atom is 0.330 e. The van der Waals surface area contributed by atoms with Gasteiger partial charge in [0.25, 0.3) is 5.91 Å². The number of esters is 1. The summed E-state index contributed by atoms with van der Waals surface area (Å²) >= 11 is 6.59. The minimum atomic E-state index is -1.09. The van der Waals surface area contributed by atoms with Crippen LogP contribution in [0.25, 0.3) is 0 Å². The van der Waals surface area contributed by atoms with Gasteiger partial charge in [0.2, 0.25) is 0 Å². The monoisotopic (exact) mass is 409 g/mol. The number of benzene rings is 1. The van der Waals surface area contributed by atoms with E-state index in [0.29, 0.717) is 10.2 Å². The molecule has 0 aromatic heterocycles. The first-order valence-corrected chi connectivity index (χ1v) is 7.12. The molecule has 0 radical (unpaired) electrons. The van der Waals surface area contributed by atoms with E-state index in [4.69, 9.17) is 9.84 Å². The zero-order chi connectivity index (χ0) is 15.1. The van der Waals surface area contributed by atoms with Gasteiger partial charge in [-0.15, -0.1) is 0 Å². The Morgan fingerprint density at radius 2 is 2.10 bits per heavy atom. The number of halogens is 2. The lowest BCUT2D eigenvalue weighted by molar-refractivity contribution is -0.146. The Balaban J connectivity index is 2.52. The van der Waals surface area contributed by atoms with Gasteiger partial charge in [0.1, 0.15) is 5.75 Å². The van der Waals surface area contributed by atoms with Crippen LogP contribution in [0.15, 0.2) is 27.1 Å². The van der Waals surface area contributed by atoms with E-state index in [9.17, 15) is 9.59 Å². The fourth-order valence-electron chi connectivity index (χ4n) is 1.29. The van der Waals surface area contributed by atoms with Crippen molar-refractivity contribution in [3.8, 4) is 5.75 Å². The van der Waals surface area contributed by atoms with Crippen molar-refractivity contribution in [2.45, 2.75) is 6.04 Å². The molecule has 0 spiro atoms. The third kappa shape index (κ3) is 5.10. The predicted octanol–water partition coefficient (Wildman–Crippen LogP) is 1.24. The number of hydrogen-bond donors (Lipinski definition) is 2. The minimum Gasteiger partial charge on any atom is -0.483 e. The summed E-state index contributed by atoms with van der Waals surface area (Å²) in [4.78, 5) is 22.8. The Kier molecular flexibility index (Phi) is 6.97. The first-order valence-electron chi connectivity index (χ1n) is 5.53. The van der Waals surface area contributed by atoms with Crippen LogP contribution in [0.2, 0.25) is 0 Å². The maximum absolute atomic E-state index is 11.6. The van der Waals surface area contributed by atoms with E-state index in [1.54, 1.807) is 18.2 Å². The van der Waals surface area contributed by atoms with E-state index < -0.39 is 24.5 Å². The van der Waals surface area contributed by atoms with E-state index >= 15 is 0 Å². The molecular formula is C12H13Br2NO5. The van der Waals surface area contributed by atoms with Crippen LogP contribution in [-0.2, 0) is 14.3 Å². The highest BCUT2D eigenvalue weighted by Gasteiger charge is 2.20. The molecule has 0 saturated carbocycles. The number of aliphatic hydroxyl groups excluding tert-OH is 1. The van der Waals surface area contributed by atoms with E-state index in [1.807, 2.05) is 0 Å². The van der Waals surface area contributed by atoms with Crippen LogP contribution in [0.1, 0.15) is 0 Å². The van der Waals surface area contributed by atoms with Gasteiger partial charge in [0.05, 0.1) is 18.2 Å². The number of amides is 1. The molecule has 1 aromatic rings. The third-order valence-electron chi connectivity index (χ3n) is 2.26. The number of nitrogens with one attached hydrogen (secondary N) is 1. The molecule has 20 heavy (non-hydrogen) atoms. The SMILES string of the molecule is COC(=O)[C@@H](CO)NC(=O)COc1ccc(Br)cc1Br. The standard InChI is InChI=1S/C12H13Br2NO5/c1-19-12(18)9(5-16)15-11(17)6-20-10-3-2-7(13)4-8(10)14/h2-4,9,16H,5-6H2,1H3,(H,15,17)/t9-/m1/s1. The van der Waals surface area contributed by atoms with Gasteiger partial charge < -0.3 is 19.9 Å². The second-order valence-electron chi connectivity index (χ2n) is 3.69. The van der Waals surface area contributed by atoms with Gasteiger partial charge in [-0.3, -0.25) is 4.79 Å². The van der Waals surface area contributed by atoms with E-state index in [0.717, 1.165) is 4.47 Å². The van der Waals surface area contributed by atoms with Gasteiger partial charge in [0, 0.05) is 4.47 Å². The first-order chi connectivity index (χ1) is 9.47. The van der Waals surface area contributed by atoms with Gasteiger partial charge in [-0.1, -0.05) is 15.9 Å². The Hall–Kier alpha value is -1.12. The molecular weight excluding hydrogens is 398 g/mol. The number of ether oxygens (including phenoxy) is 2. The fourth-order valence-corrected chi connectivity index (χ4v) is 2.45. The number of carbonyl (C=O) groups excluding carboxylic acids is 2. The van der Waals surface area contributed by atoms with Gasteiger partial charge in [-0.25, -0.2) is 4.79 Å². The van der Waals surface area contributed by atoms with Crippen molar-refractivity contribution in [3.63, 3.8) is 0 Å². The molecule has 0 heterocycles. The predicted molar refractivity (Wildman–Crippen MR) is 78.4 cm³/mol. The number of carbonyl (C=O) groups is 2. The summed E-state index contributed by atoms with van der Waals surface area (Å²) < 4.78 is 11.3. The van der Waals surface area contributed by atoms with E-state index in [2.05, 4.69) is 41.9 Å². The van der Waals surface area contributed by atoms with Gasteiger partial charge in [-0.2, -0.15) is 0 Å². The molecule has 1 aromatic carbocycles. The van der Waals surface area contributed by atoms with E-state index in [-0.39, 0.29) is 6.61 Å². The van der Waals surface area contributed by atoms with Gasteiger partial charge >= 0.3 is 5.97 Å². The Morgan fingerprint density at radius 3 is 2.65 bits per heavy atom. The minimum absolute atomic E-state index is 0.284. The largest absolute Gasteiger partial charge is 0.483 e. The Labute approximate surface area is 132 Å². The topological polar surface area (TPSA) is 84.9 Å². The quantitative estimate of drug-likeness (QED) is 0.689. The number of methoxy groups -OCH3 is 1. The smallest absolute Gasteiger partial charge is 0.330 e. The lowest BCUT2D eigenvalue weighted by atomic mass is 10.3. The second kappa shape index (κ2) is 8.23. The fraction of sp³-hybridized carbons (Fsp3) is 0.333. The Bertz CT molecular complexity index is 495. The molecule has 0 aliphatic carbocycles. The van der Waals surface area contributed by atoms with Gasteiger partial charge in [0.15, 0.2) is 12.6 Å². The van der Waals surface area contributed by atoms with Crippen molar-refractivity contribution in [2.24, 2.45) is 0 Å². The summed E-state index contributed by atoms with van der Waals surface area (Å²) in [6.07, 6.45) is 0.